The molecular formula is C16H16N4O2S. The first kappa shape index (κ1) is 14.4. The molecule has 0 bridgehead atoms. The second kappa shape index (κ2) is 5.81. The zero-order chi connectivity index (χ0) is 15.7. The normalized spacial score (nSPS) is 21.9. The maximum atomic E-state index is 12.3. The van der Waals surface area contributed by atoms with E-state index >= 15 is 0 Å². The molecule has 0 aliphatic carbocycles. The largest absolute Gasteiger partial charge is 0.488 e. The lowest BCUT2D eigenvalue weighted by Gasteiger charge is -2.47. The van der Waals surface area contributed by atoms with Crippen LogP contribution in [0.1, 0.15) is 16.8 Å². The van der Waals surface area contributed by atoms with Gasteiger partial charge in [-0.1, -0.05) is 0 Å². The standard InChI is InChI=1S/C16H16N4O2S/c21-15(12-3-5-18-19-7-12)20-10-16(11-20)6-14(9-23-16)22-13-2-1-4-17-8-13/h1-5,7-8,14H,6,9-11H2. The number of carbonyl (C=O) groups is 1. The molecule has 23 heavy (non-hydrogen) atoms. The van der Waals surface area contributed by atoms with Gasteiger partial charge in [-0.3, -0.25) is 9.78 Å². The van der Waals surface area contributed by atoms with E-state index in [1.54, 1.807) is 24.7 Å². The van der Waals surface area contributed by atoms with Gasteiger partial charge in [0.25, 0.3) is 5.91 Å². The smallest absolute Gasteiger partial charge is 0.255 e. The Labute approximate surface area is 138 Å². The van der Waals surface area contributed by atoms with Crippen molar-refractivity contribution in [2.75, 3.05) is 18.8 Å². The highest BCUT2D eigenvalue weighted by molar-refractivity contribution is 8.01. The van der Waals surface area contributed by atoms with Crippen molar-refractivity contribution in [1.82, 2.24) is 20.1 Å². The highest BCUT2D eigenvalue weighted by Crippen LogP contribution is 2.46. The number of hydrogen-bond donors (Lipinski definition) is 0. The first-order valence-corrected chi connectivity index (χ1v) is 8.49. The predicted octanol–water partition coefficient (Wildman–Crippen LogP) is 1.65. The molecule has 0 radical (unpaired) electrons. The van der Waals surface area contributed by atoms with Gasteiger partial charge in [0.15, 0.2) is 0 Å². The van der Waals surface area contributed by atoms with Gasteiger partial charge in [0, 0.05) is 31.5 Å². The molecule has 0 N–H and O–H groups in total. The molecule has 2 aromatic heterocycles. The number of likely N-dealkylation sites (tertiary alicyclic amines) is 1. The van der Waals surface area contributed by atoms with Crippen molar-refractivity contribution in [1.29, 1.82) is 0 Å². The minimum Gasteiger partial charge on any atom is -0.488 e. The summed E-state index contributed by atoms with van der Waals surface area (Å²) in [7, 11) is 0. The molecular weight excluding hydrogens is 312 g/mol. The van der Waals surface area contributed by atoms with Gasteiger partial charge in [-0.2, -0.15) is 10.2 Å². The highest BCUT2D eigenvalue weighted by Gasteiger charge is 2.51. The first-order valence-electron chi connectivity index (χ1n) is 7.51. The fourth-order valence-corrected chi connectivity index (χ4v) is 4.62. The van der Waals surface area contributed by atoms with Crippen LogP contribution in [-0.2, 0) is 0 Å². The van der Waals surface area contributed by atoms with Gasteiger partial charge in [-0.25, -0.2) is 0 Å². The maximum Gasteiger partial charge on any atom is 0.255 e. The molecule has 2 aliphatic rings. The number of pyridine rings is 1. The number of hydrogen-bond acceptors (Lipinski definition) is 6. The first-order chi connectivity index (χ1) is 11.2. The Morgan fingerprint density at radius 3 is 2.91 bits per heavy atom. The fourth-order valence-electron chi connectivity index (χ4n) is 3.10. The SMILES string of the molecule is O=C(c1ccnnc1)N1CC2(CC(Oc3cccnc3)CS2)C1. The van der Waals surface area contributed by atoms with Crippen LogP contribution in [0.2, 0.25) is 0 Å². The number of amides is 1. The number of rotatable bonds is 3. The Kier molecular flexibility index (Phi) is 3.65. The van der Waals surface area contributed by atoms with Gasteiger partial charge in [0.05, 0.1) is 28.9 Å². The molecule has 7 heteroatoms. The third-order valence-electron chi connectivity index (χ3n) is 4.19. The van der Waals surface area contributed by atoms with Crippen molar-refractivity contribution >= 4 is 17.7 Å². The number of aromatic nitrogens is 3. The van der Waals surface area contributed by atoms with Crippen LogP contribution in [0.25, 0.3) is 0 Å². The van der Waals surface area contributed by atoms with Crippen LogP contribution < -0.4 is 4.74 Å². The van der Waals surface area contributed by atoms with E-state index in [-0.39, 0.29) is 16.8 Å². The monoisotopic (exact) mass is 328 g/mol. The molecule has 2 aromatic rings. The summed E-state index contributed by atoms with van der Waals surface area (Å²) in [6.07, 6.45) is 7.69. The van der Waals surface area contributed by atoms with E-state index < -0.39 is 0 Å². The molecule has 0 saturated carbocycles. The third kappa shape index (κ3) is 2.88. The Morgan fingerprint density at radius 2 is 2.17 bits per heavy atom. The lowest BCUT2D eigenvalue weighted by molar-refractivity contribution is 0.0517. The predicted molar refractivity (Wildman–Crippen MR) is 86.4 cm³/mol. The van der Waals surface area contributed by atoms with Crippen molar-refractivity contribution in [2.24, 2.45) is 0 Å². The third-order valence-corrected chi connectivity index (χ3v) is 5.76. The van der Waals surface area contributed by atoms with Gasteiger partial charge in [-0.05, 0) is 18.2 Å². The molecule has 6 nitrogen and oxygen atoms in total. The topological polar surface area (TPSA) is 68.2 Å². The van der Waals surface area contributed by atoms with Gasteiger partial charge < -0.3 is 9.64 Å². The molecule has 1 unspecified atom stereocenters. The average molecular weight is 328 g/mol. The van der Waals surface area contributed by atoms with Crippen LogP contribution in [0, 0.1) is 0 Å². The zero-order valence-electron chi connectivity index (χ0n) is 12.5. The van der Waals surface area contributed by atoms with Crippen LogP contribution in [0.15, 0.2) is 43.0 Å². The summed E-state index contributed by atoms with van der Waals surface area (Å²) in [6.45, 7) is 1.54. The highest BCUT2D eigenvalue weighted by atomic mass is 32.2. The van der Waals surface area contributed by atoms with E-state index in [9.17, 15) is 4.79 Å². The van der Waals surface area contributed by atoms with Crippen molar-refractivity contribution in [3.05, 3.63) is 48.5 Å². The molecule has 1 atom stereocenters. The average Bonchev–Trinajstić information content (AvgIpc) is 2.99. The lowest BCUT2D eigenvalue weighted by Crippen LogP contribution is -2.60. The maximum absolute atomic E-state index is 12.3. The summed E-state index contributed by atoms with van der Waals surface area (Å²) in [6, 6.07) is 5.51. The van der Waals surface area contributed by atoms with E-state index in [0.717, 1.165) is 31.0 Å². The lowest BCUT2D eigenvalue weighted by atomic mass is 9.92. The second-order valence-corrected chi connectivity index (χ2v) is 7.41. The Bertz CT molecular complexity index is 692. The van der Waals surface area contributed by atoms with E-state index in [2.05, 4.69) is 15.2 Å². The molecule has 1 spiro atoms. The van der Waals surface area contributed by atoms with Crippen molar-refractivity contribution < 1.29 is 9.53 Å². The number of carbonyl (C=O) groups excluding carboxylic acids is 1. The summed E-state index contributed by atoms with van der Waals surface area (Å²) >= 11 is 1.91. The second-order valence-electron chi connectivity index (χ2n) is 5.92. The van der Waals surface area contributed by atoms with E-state index in [0.29, 0.717) is 5.56 Å². The summed E-state index contributed by atoms with van der Waals surface area (Å²) in [5.41, 5.74) is 0.598. The van der Waals surface area contributed by atoms with E-state index in [1.807, 2.05) is 28.8 Å². The Morgan fingerprint density at radius 1 is 1.26 bits per heavy atom. The summed E-state index contributed by atoms with van der Waals surface area (Å²) < 4.78 is 6.12. The minimum atomic E-state index is 0.0303. The number of thioether (sulfide) groups is 1. The van der Waals surface area contributed by atoms with E-state index in [1.165, 1.54) is 6.20 Å². The van der Waals surface area contributed by atoms with Crippen LogP contribution >= 0.6 is 11.8 Å². The van der Waals surface area contributed by atoms with Gasteiger partial charge in [0.1, 0.15) is 11.9 Å². The van der Waals surface area contributed by atoms with Crippen LogP contribution in [0.3, 0.4) is 0 Å². The summed E-state index contributed by atoms with van der Waals surface area (Å²) in [5, 5.41) is 7.47. The minimum absolute atomic E-state index is 0.0303. The molecule has 2 saturated heterocycles. The fraction of sp³-hybridized carbons (Fsp3) is 0.375. The number of ether oxygens (including phenoxy) is 1. The number of nitrogens with zero attached hydrogens (tertiary/aromatic N) is 4. The molecule has 0 aromatic carbocycles. The van der Waals surface area contributed by atoms with Gasteiger partial charge >= 0.3 is 0 Å². The zero-order valence-corrected chi connectivity index (χ0v) is 13.3. The van der Waals surface area contributed by atoms with Crippen molar-refractivity contribution in [2.45, 2.75) is 17.3 Å². The van der Waals surface area contributed by atoms with Gasteiger partial charge in [0.2, 0.25) is 0 Å². The Balaban J connectivity index is 1.34. The molecule has 4 heterocycles. The molecule has 2 fully saturated rings. The van der Waals surface area contributed by atoms with Crippen LogP contribution in [0.5, 0.6) is 5.75 Å². The van der Waals surface area contributed by atoms with Crippen LogP contribution in [-0.4, -0.2) is 55.7 Å². The van der Waals surface area contributed by atoms with Gasteiger partial charge in [-0.15, -0.1) is 11.8 Å². The molecule has 118 valence electrons. The summed E-state index contributed by atoms with van der Waals surface area (Å²) in [5.74, 6) is 1.79. The quantitative estimate of drug-likeness (QED) is 0.853. The van der Waals surface area contributed by atoms with Crippen LogP contribution in [0.4, 0.5) is 0 Å². The van der Waals surface area contributed by atoms with Crippen molar-refractivity contribution in [3.63, 3.8) is 0 Å². The van der Waals surface area contributed by atoms with E-state index in [4.69, 9.17) is 4.74 Å². The van der Waals surface area contributed by atoms with Crippen molar-refractivity contribution in [3.8, 4) is 5.75 Å². The molecule has 1 amide bonds. The molecule has 4 rings (SSSR count). The molecule has 2 aliphatic heterocycles. The summed E-state index contributed by atoms with van der Waals surface area (Å²) in [4.78, 5) is 18.3. The Hall–Kier alpha value is -2.15.